The molecule has 1 aromatic carbocycles. The van der Waals surface area contributed by atoms with Crippen LogP contribution in [0.2, 0.25) is 0 Å². The zero-order valence-corrected chi connectivity index (χ0v) is 14.2. The number of nitrogen functional groups attached to an aromatic ring is 1. The van der Waals surface area contributed by atoms with Crippen molar-refractivity contribution >= 4 is 17.0 Å². The first kappa shape index (κ1) is 17.6. The number of ether oxygens (including phenoxy) is 1. The number of nitrogens with two attached hydrogens (primary N) is 1. The topological polar surface area (TPSA) is 149 Å². The highest BCUT2D eigenvalue weighted by Crippen LogP contribution is 2.31. The Balaban J connectivity index is 1.76. The Hall–Kier alpha value is -2.79. The maximum Gasteiger partial charge on any atom is 0.351 e. The van der Waals surface area contributed by atoms with Crippen molar-refractivity contribution < 1.29 is 20.1 Å². The Morgan fingerprint density at radius 1 is 1.19 bits per heavy atom. The van der Waals surface area contributed by atoms with Gasteiger partial charge in [0.15, 0.2) is 11.9 Å². The van der Waals surface area contributed by atoms with Gasteiger partial charge in [-0.1, -0.05) is 30.3 Å². The number of nitrogens with zero attached hydrogens (tertiary/aromatic N) is 4. The highest BCUT2D eigenvalue weighted by atomic mass is 16.6. The number of aliphatic hydroxyl groups is 3. The molecule has 0 unspecified atom stereocenters. The summed E-state index contributed by atoms with van der Waals surface area (Å²) in [5.74, 6) is 0.138. The average Bonchev–Trinajstić information content (AvgIpc) is 3.21. The van der Waals surface area contributed by atoms with Crippen molar-refractivity contribution in [1.29, 1.82) is 0 Å². The summed E-state index contributed by atoms with van der Waals surface area (Å²) in [7, 11) is 0. The minimum atomic E-state index is -1.31. The zero-order valence-electron chi connectivity index (χ0n) is 14.2. The molecule has 2 aromatic heterocycles. The lowest BCUT2D eigenvalue weighted by Gasteiger charge is -2.17. The quantitative estimate of drug-likeness (QED) is 0.447. The van der Waals surface area contributed by atoms with Gasteiger partial charge < -0.3 is 25.8 Å². The highest BCUT2D eigenvalue weighted by Gasteiger charge is 2.44. The minimum Gasteiger partial charge on any atom is -0.394 e. The van der Waals surface area contributed by atoms with Gasteiger partial charge in [-0.25, -0.2) is 9.78 Å². The summed E-state index contributed by atoms with van der Waals surface area (Å²) in [5.41, 5.74) is 6.88. The second-order valence-corrected chi connectivity index (χ2v) is 6.40. The van der Waals surface area contributed by atoms with E-state index in [1.54, 1.807) is 0 Å². The molecule has 0 saturated carbocycles. The van der Waals surface area contributed by atoms with E-state index in [0.717, 1.165) is 5.56 Å². The molecule has 3 aromatic rings. The molecule has 27 heavy (non-hydrogen) atoms. The Morgan fingerprint density at radius 2 is 1.93 bits per heavy atom. The largest absolute Gasteiger partial charge is 0.394 e. The fraction of sp³-hybridized carbons (Fsp3) is 0.353. The molecule has 0 aliphatic carbocycles. The average molecular weight is 373 g/mol. The molecule has 0 bridgehead atoms. The summed E-state index contributed by atoms with van der Waals surface area (Å²) in [6.45, 7) is -0.212. The van der Waals surface area contributed by atoms with E-state index < -0.39 is 36.8 Å². The molecule has 0 amide bonds. The molecule has 1 fully saturated rings. The third-order valence-corrected chi connectivity index (χ3v) is 4.71. The Morgan fingerprint density at radius 3 is 2.59 bits per heavy atom. The van der Waals surface area contributed by atoms with E-state index >= 15 is 0 Å². The van der Waals surface area contributed by atoms with Crippen LogP contribution >= 0.6 is 0 Å². The van der Waals surface area contributed by atoms with Gasteiger partial charge in [0.1, 0.15) is 29.6 Å². The molecule has 4 atom stereocenters. The van der Waals surface area contributed by atoms with E-state index in [1.165, 1.54) is 15.5 Å². The number of benzene rings is 1. The van der Waals surface area contributed by atoms with Crippen LogP contribution in [0.25, 0.3) is 11.2 Å². The molecule has 0 radical (unpaired) electrons. The zero-order chi connectivity index (χ0) is 19.1. The van der Waals surface area contributed by atoms with Crippen LogP contribution in [0.3, 0.4) is 0 Å². The summed E-state index contributed by atoms with van der Waals surface area (Å²) in [4.78, 5) is 20.8. The van der Waals surface area contributed by atoms with Crippen LogP contribution in [0.4, 0.5) is 5.82 Å². The summed E-state index contributed by atoms with van der Waals surface area (Å²) >= 11 is 0. The summed E-state index contributed by atoms with van der Waals surface area (Å²) in [5, 5.41) is 29.4. The maximum atomic E-state index is 12.5. The molecular formula is C17H19N5O5. The number of aliphatic hydroxyl groups excluding tert-OH is 3. The smallest absolute Gasteiger partial charge is 0.351 e. The lowest BCUT2D eigenvalue weighted by molar-refractivity contribution is -0.0511. The van der Waals surface area contributed by atoms with Crippen LogP contribution < -0.4 is 11.4 Å². The van der Waals surface area contributed by atoms with Crippen LogP contribution in [-0.2, 0) is 11.3 Å². The van der Waals surface area contributed by atoms with E-state index in [-0.39, 0.29) is 23.5 Å². The first-order chi connectivity index (χ1) is 13.0. The highest BCUT2D eigenvalue weighted by molar-refractivity contribution is 5.81. The van der Waals surface area contributed by atoms with E-state index in [2.05, 4.69) is 9.97 Å². The van der Waals surface area contributed by atoms with Gasteiger partial charge in [0.2, 0.25) is 0 Å². The molecule has 10 heteroatoms. The van der Waals surface area contributed by atoms with Crippen molar-refractivity contribution in [2.75, 3.05) is 12.3 Å². The number of hydrogen-bond acceptors (Lipinski definition) is 8. The third-order valence-electron chi connectivity index (χ3n) is 4.71. The molecule has 10 nitrogen and oxygen atoms in total. The van der Waals surface area contributed by atoms with Crippen LogP contribution in [0.5, 0.6) is 0 Å². The van der Waals surface area contributed by atoms with E-state index in [1.807, 2.05) is 30.3 Å². The molecule has 0 spiro atoms. The van der Waals surface area contributed by atoms with Crippen LogP contribution in [0.15, 0.2) is 41.5 Å². The number of aromatic nitrogens is 4. The normalized spacial score (nSPS) is 25.3. The minimum absolute atomic E-state index is 0.136. The predicted molar refractivity (Wildman–Crippen MR) is 94.8 cm³/mol. The van der Waals surface area contributed by atoms with Crippen molar-refractivity contribution in [3.8, 4) is 0 Å². The standard InChI is InChI=1S/C17H19N5O5/c18-14-11-15(20-17(26)21(14)6-9-4-2-1-3-5-9)22(8-19-11)16-13(25)12(24)10(7-23)27-16/h1-5,8,10,12-13,16,23-25H,6-7,18H2/t10-,12-,13-,16-/m1/s1. The second-order valence-electron chi connectivity index (χ2n) is 6.40. The van der Waals surface area contributed by atoms with E-state index in [9.17, 15) is 20.1 Å². The molecule has 4 rings (SSSR count). The molecule has 1 saturated heterocycles. The molecule has 5 N–H and O–H groups in total. The Bertz CT molecular complexity index is 1020. The van der Waals surface area contributed by atoms with Gasteiger partial charge in [0.05, 0.1) is 19.5 Å². The molecule has 3 heterocycles. The van der Waals surface area contributed by atoms with Gasteiger partial charge in [-0.2, -0.15) is 4.98 Å². The van der Waals surface area contributed by atoms with E-state index in [4.69, 9.17) is 10.5 Å². The summed E-state index contributed by atoms with van der Waals surface area (Å²) in [6.07, 6.45) is -3.24. The van der Waals surface area contributed by atoms with Crippen molar-refractivity contribution in [2.45, 2.75) is 31.1 Å². The fourth-order valence-electron chi connectivity index (χ4n) is 3.24. The summed E-state index contributed by atoms with van der Waals surface area (Å²) in [6, 6.07) is 9.33. The molecular weight excluding hydrogens is 354 g/mol. The van der Waals surface area contributed by atoms with Crippen LogP contribution in [-0.4, -0.2) is 59.3 Å². The van der Waals surface area contributed by atoms with Gasteiger partial charge in [0.25, 0.3) is 0 Å². The second kappa shape index (κ2) is 6.74. The molecule has 1 aliphatic heterocycles. The monoisotopic (exact) mass is 373 g/mol. The van der Waals surface area contributed by atoms with E-state index in [0.29, 0.717) is 0 Å². The number of hydrogen-bond donors (Lipinski definition) is 4. The molecule has 1 aliphatic rings. The number of anilines is 1. The van der Waals surface area contributed by atoms with Crippen LogP contribution in [0.1, 0.15) is 11.8 Å². The van der Waals surface area contributed by atoms with Crippen molar-refractivity contribution in [2.24, 2.45) is 0 Å². The van der Waals surface area contributed by atoms with Gasteiger partial charge in [0, 0.05) is 0 Å². The lowest BCUT2D eigenvalue weighted by atomic mass is 10.1. The number of imidazole rings is 1. The van der Waals surface area contributed by atoms with Gasteiger partial charge >= 0.3 is 5.69 Å². The lowest BCUT2D eigenvalue weighted by Crippen LogP contribution is -2.33. The van der Waals surface area contributed by atoms with Crippen molar-refractivity contribution in [3.63, 3.8) is 0 Å². The maximum absolute atomic E-state index is 12.5. The summed E-state index contributed by atoms with van der Waals surface area (Å²) < 4.78 is 8.13. The SMILES string of the molecule is Nc1c2ncn([C@@H]3O[C@H](CO)[C@@H](O)[C@H]3O)c2nc(=O)n1Cc1ccccc1. The van der Waals surface area contributed by atoms with Crippen molar-refractivity contribution in [1.82, 2.24) is 19.1 Å². The first-order valence-electron chi connectivity index (χ1n) is 8.40. The van der Waals surface area contributed by atoms with Gasteiger partial charge in [-0.3, -0.25) is 9.13 Å². The third kappa shape index (κ3) is 2.88. The fourth-order valence-corrected chi connectivity index (χ4v) is 3.24. The van der Waals surface area contributed by atoms with Crippen molar-refractivity contribution in [3.05, 3.63) is 52.7 Å². The Kier molecular flexibility index (Phi) is 4.40. The molecule has 142 valence electrons. The Labute approximate surface area is 153 Å². The number of rotatable bonds is 4. The number of fused-ring (bicyclic) bond motifs is 1. The first-order valence-corrected chi connectivity index (χ1v) is 8.40. The van der Waals surface area contributed by atoms with Gasteiger partial charge in [-0.15, -0.1) is 0 Å². The predicted octanol–water partition coefficient (Wildman–Crippen LogP) is -1.16. The van der Waals surface area contributed by atoms with Crippen LogP contribution in [0, 0.1) is 0 Å². The van der Waals surface area contributed by atoms with Gasteiger partial charge in [-0.05, 0) is 5.56 Å².